The first kappa shape index (κ1) is 20.7. The van der Waals surface area contributed by atoms with Crippen LogP contribution in [0.3, 0.4) is 0 Å². The Labute approximate surface area is 179 Å². The summed E-state index contributed by atoms with van der Waals surface area (Å²) in [5, 5.41) is 5.44. The van der Waals surface area contributed by atoms with Crippen molar-refractivity contribution in [2.75, 3.05) is 24.8 Å². The average Bonchev–Trinajstić information content (AvgIpc) is 3.25. The third kappa shape index (κ3) is 3.92. The number of nitrogens with one attached hydrogen (secondary N) is 2. The van der Waals surface area contributed by atoms with E-state index in [4.69, 9.17) is 5.73 Å². The fourth-order valence-electron chi connectivity index (χ4n) is 3.32. The van der Waals surface area contributed by atoms with E-state index in [2.05, 4.69) is 45.1 Å². The Bertz CT molecular complexity index is 1130. The molecule has 9 heteroatoms. The van der Waals surface area contributed by atoms with Gasteiger partial charge in [-0.05, 0) is 50.3 Å². The van der Waals surface area contributed by atoms with Crippen LogP contribution in [-0.2, 0) is 0 Å². The summed E-state index contributed by atoms with van der Waals surface area (Å²) < 4.78 is 28.1. The zero-order valence-electron chi connectivity index (χ0n) is 17.4. The number of halogens is 2. The summed E-state index contributed by atoms with van der Waals surface area (Å²) in [5.41, 5.74) is 14.8. The minimum atomic E-state index is -1.00. The predicted molar refractivity (Wildman–Crippen MR) is 118 cm³/mol. The molecular weight excluding hydrogens is 400 g/mol. The van der Waals surface area contributed by atoms with E-state index in [0.29, 0.717) is 5.56 Å². The number of amidine groups is 1. The van der Waals surface area contributed by atoms with Crippen LogP contribution in [0, 0.1) is 11.6 Å². The van der Waals surface area contributed by atoms with E-state index in [1.54, 1.807) is 6.20 Å². The Morgan fingerprint density at radius 2 is 1.81 bits per heavy atom. The summed E-state index contributed by atoms with van der Waals surface area (Å²) >= 11 is 0. The van der Waals surface area contributed by atoms with Crippen molar-refractivity contribution < 1.29 is 8.78 Å². The second-order valence-corrected chi connectivity index (χ2v) is 7.49. The predicted octanol–water partition coefficient (Wildman–Crippen LogP) is 3.42. The van der Waals surface area contributed by atoms with Crippen molar-refractivity contribution in [3.05, 3.63) is 77.5 Å². The van der Waals surface area contributed by atoms with Gasteiger partial charge in [0, 0.05) is 17.8 Å². The molecule has 2 heterocycles. The molecule has 4 N–H and O–H groups in total. The number of hydrogen-bond donors (Lipinski definition) is 3. The zero-order chi connectivity index (χ0) is 22.1. The quantitative estimate of drug-likeness (QED) is 0.584. The Morgan fingerprint density at radius 3 is 2.52 bits per heavy atom. The van der Waals surface area contributed by atoms with Crippen LogP contribution in [0.1, 0.15) is 24.1 Å². The van der Waals surface area contributed by atoms with Gasteiger partial charge in [0.05, 0.1) is 5.56 Å². The van der Waals surface area contributed by atoms with E-state index >= 15 is 0 Å². The van der Waals surface area contributed by atoms with Gasteiger partial charge in [-0.3, -0.25) is 0 Å². The van der Waals surface area contributed by atoms with Gasteiger partial charge in [-0.15, -0.1) is 10.6 Å². The van der Waals surface area contributed by atoms with Crippen molar-refractivity contribution in [2.24, 2.45) is 5.10 Å². The molecule has 0 aliphatic carbocycles. The van der Waals surface area contributed by atoms with Gasteiger partial charge in [0.2, 0.25) is 0 Å². The Balaban J connectivity index is 1.69. The average molecular weight is 423 g/mol. The van der Waals surface area contributed by atoms with E-state index in [-0.39, 0.29) is 23.4 Å². The molecule has 1 aliphatic heterocycles. The molecule has 0 bridgehead atoms. The summed E-state index contributed by atoms with van der Waals surface area (Å²) in [6.45, 7) is 2.14. The molecule has 0 amide bonds. The topological polar surface area (TPSA) is 81.8 Å². The van der Waals surface area contributed by atoms with Gasteiger partial charge in [0.1, 0.15) is 11.5 Å². The number of anilines is 2. The standard InChI is InChI=1S/C22H23F2N7/c1-13(30(2)3)14-7-9-15(10-8-14)16-11-17(21(25)26-12-16)22-27-28-29-31(22)19-6-4-5-18(23)20(19)24/h4-13,28-29H,1-3H3,(H2,25,26)/t13-/m1/s1. The lowest BCUT2D eigenvalue weighted by Gasteiger charge is -2.21. The molecule has 0 saturated carbocycles. The van der Waals surface area contributed by atoms with Crippen molar-refractivity contribution in [1.82, 2.24) is 21.0 Å². The van der Waals surface area contributed by atoms with Crippen molar-refractivity contribution >= 4 is 17.3 Å². The van der Waals surface area contributed by atoms with Crippen LogP contribution in [-0.4, -0.2) is 29.8 Å². The maximum Gasteiger partial charge on any atom is 0.184 e. The molecule has 7 nitrogen and oxygen atoms in total. The van der Waals surface area contributed by atoms with Crippen LogP contribution >= 0.6 is 0 Å². The molecule has 1 aromatic heterocycles. The number of nitrogens with zero attached hydrogens (tertiary/aromatic N) is 4. The maximum absolute atomic E-state index is 14.4. The van der Waals surface area contributed by atoms with E-state index in [0.717, 1.165) is 17.2 Å². The van der Waals surface area contributed by atoms with E-state index in [1.165, 1.54) is 22.7 Å². The molecule has 1 aliphatic rings. The molecule has 1 atom stereocenters. The summed E-state index contributed by atoms with van der Waals surface area (Å²) in [6, 6.07) is 14.2. The summed E-state index contributed by atoms with van der Waals surface area (Å²) in [4.78, 5) is 6.43. The van der Waals surface area contributed by atoms with Gasteiger partial charge in [0.25, 0.3) is 0 Å². The monoisotopic (exact) mass is 423 g/mol. The molecule has 3 aromatic rings. The Morgan fingerprint density at radius 1 is 1.06 bits per heavy atom. The minimum Gasteiger partial charge on any atom is -0.383 e. The SMILES string of the molecule is C[C@H](c1ccc(-c2cnc(N)c(C3=NNNN3c3cccc(F)c3F)c2)cc1)N(C)C. The van der Waals surface area contributed by atoms with Crippen molar-refractivity contribution in [3.8, 4) is 11.1 Å². The lowest BCUT2D eigenvalue weighted by Crippen LogP contribution is -2.42. The fraction of sp³-hybridized carbons (Fsp3) is 0.182. The highest BCUT2D eigenvalue weighted by molar-refractivity contribution is 6.13. The maximum atomic E-state index is 14.4. The lowest BCUT2D eigenvalue weighted by molar-refractivity contribution is 0.321. The molecule has 160 valence electrons. The van der Waals surface area contributed by atoms with Gasteiger partial charge in [0.15, 0.2) is 17.5 Å². The zero-order valence-corrected chi connectivity index (χ0v) is 17.4. The van der Waals surface area contributed by atoms with E-state index in [9.17, 15) is 8.78 Å². The van der Waals surface area contributed by atoms with Crippen molar-refractivity contribution in [2.45, 2.75) is 13.0 Å². The van der Waals surface area contributed by atoms with Crippen molar-refractivity contribution in [1.29, 1.82) is 0 Å². The van der Waals surface area contributed by atoms with E-state index < -0.39 is 11.6 Å². The molecule has 0 unspecified atom stereocenters. The molecule has 0 saturated heterocycles. The highest BCUT2D eigenvalue weighted by Crippen LogP contribution is 2.28. The van der Waals surface area contributed by atoms with Gasteiger partial charge >= 0.3 is 0 Å². The number of hydrogen-bond acceptors (Lipinski definition) is 7. The summed E-state index contributed by atoms with van der Waals surface area (Å²) in [7, 11) is 4.07. The number of rotatable bonds is 5. The number of aromatic nitrogens is 1. The van der Waals surface area contributed by atoms with Crippen LogP contribution in [0.4, 0.5) is 20.3 Å². The number of benzene rings is 2. The van der Waals surface area contributed by atoms with Crippen molar-refractivity contribution in [3.63, 3.8) is 0 Å². The molecule has 31 heavy (non-hydrogen) atoms. The lowest BCUT2D eigenvalue weighted by atomic mass is 10.0. The number of hydrazine groups is 2. The molecule has 4 rings (SSSR count). The minimum absolute atomic E-state index is 0.0319. The van der Waals surface area contributed by atoms with Crippen LogP contribution in [0.15, 0.2) is 59.8 Å². The summed E-state index contributed by atoms with van der Waals surface area (Å²) in [6.07, 6.45) is 1.67. The molecule has 0 fully saturated rings. The van der Waals surface area contributed by atoms with E-state index in [1.807, 2.05) is 32.3 Å². The molecule has 2 aromatic carbocycles. The van der Waals surface area contributed by atoms with Gasteiger partial charge in [-0.1, -0.05) is 30.3 Å². The highest BCUT2D eigenvalue weighted by Gasteiger charge is 2.27. The first-order valence-corrected chi connectivity index (χ1v) is 9.72. The number of hydrazone groups is 1. The van der Waals surface area contributed by atoms with Gasteiger partial charge in [-0.25, -0.2) is 24.3 Å². The molecule has 0 spiro atoms. The first-order chi connectivity index (χ1) is 14.9. The normalized spacial score (nSPS) is 14.5. The molecular formula is C22H23F2N7. The molecule has 0 radical (unpaired) electrons. The third-order valence-electron chi connectivity index (χ3n) is 5.37. The smallest absolute Gasteiger partial charge is 0.184 e. The van der Waals surface area contributed by atoms with Crippen LogP contribution in [0.25, 0.3) is 11.1 Å². The third-order valence-corrected chi connectivity index (χ3v) is 5.37. The summed E-state index contributed by atoms with van der Waals surface area (Å²) in [5.74, 6) is -1.47. The fourth-order valence-corrected chi connectivity index (χ4v) is 3.32. The van der Waals surface area contributed by atoms with Gasteiger partial charge < -0.3 is 10.6 Å². The Hall–Kier alpha value is -3.56. The number of nitrogen functional groups attached to an aromatic ring is 1. The number of pyridine rings is 1. The van der Waals surface area contributed by atoms with Crippen LogP contribution < -0.4 is 21.8 Å². The van der Waals surface area contributed by atoms with Gasteiger partial charge in [-0.2, -0.15) is 0 Å². The van der Waals surface area contributed by atoms with Crippen LogP contribution in [0.2, 0.25) is 0 Å². The highest BCUT2D eigenvalue weighted by atomic mass is 19.2. The second-order valence-electron chi connectivity index (χ2n) is 7.49. The number of nitrogens with two attached hydrogens (primary N) is 1. The second kappa shape index (κ2) is 8.29. The Kier molecular flexibility index (Phi) is 5.53. The first-order valence-electron chi connectivity index (χ1n) is 9.72. The van der Waals surface area contributed by atoms with Crippen LogP contribution in [0.5, 0.6) is 0 Å². The largest absolute Gasteiger partial charge is 0.383 e.